The molecule has 0 saturated carbocycles. The van der Waals surface area contributed by atoms with Gasteiger partial charge in [-0.2, -0.15) is 11.8 Å². The molecular formula is C14H20BrNOS. The molecule has 0 saturated heterocycles. The Kier molecular flexibility index (Phi) is 5.86. The number of halogens is 1. The van der Waals surface area contributed by atoms with Gasteiger partial charge in [0.2, 0.25) is 0 Å². The van der Waals surface area contributed by atoms with Gasteiger partial charge in [-0.05, 0) is 49.6 Å². The monoisotopic (exact) mass is 329 g/mol. The molecular weight excluding hydrogens is 310 g/mol. The lowest BCUT2D eigenvalue weighted by Crippen LogP contribution is -2.27. The van der Waals surface area contributed by atoms with Gasteiger partial charge in [0.25, 0.3) is 0 Å². The molecule has 1 aliphatic rings. The third-order valence-electron chi connectivity index (χ3n) is 3.18. The van der Waals surface area contributed by atoms with Crippen LogP contribution in [-0.2, 0) is 0 Å². The molecule has 0 radical (unpaired) electrons. The van der Waals surface area contributed by atoms with Gasteiger partial charge in [-0.3, -0.25) is 0 Å². The molecule has 2 nitrogen and oxygen atoms in total. The average molecular weight is 330 g/mol. The number of unbranched alkanes of at least 4 members (excludes halogenated alkanes) is 1. The highest BCUT2D eigenvalue weighted by molar-refractivity contribution is 9.10. The molecule has 18 heavy (non-hydrogen) atoms. The summed E-state index contributed by atoms with van der Waals surface area (Å²) in [6, 6.07) is 6.72. The van der Waals surface area contributed by atoms with E-state index in [0.717, 1.165) is 29.8 Å². The third kappa shape index (κ3) is 3.90. The molecule has 1 unspecified atom stereocenters. The topological polar surface area (TPSA) is 21.3 Å². The standard InChI is InChI=1S/C14H20BrNOS/c1-18-9-3-2-7-16-13-6-8-17-14-5-4-11(15)10-12(13)14/h4-5,10,13,16H,2-3,6-9H2,1H3. The van der Waals surface area contributed by atoms with Gasteiger partial charge in [0.15, 0.2) is 0 Å². The van der Waals surface area contributed by atoms with Gasteiger partial charge in [0, 0.05) is 22.5 Å². The van der Waals surface area contributed by atoms with E-state index in [9.17, 15) is 0 Å². The van der Waals surface area contributed by atoms with Gasteiger partial charge in [-0.1, -0.05) is 15.9 Å². The second-order valence-corrected chi connectivity index (χ2v) is 6.43. The lowest BCUT2D eigenvalue weighted by Gasteiger charge is -2.27. The number of ether oxygens (including phenoxy) is 1. The Balaban J connectivity index is 1.89. The van der Waals surface area contributed by atoms with Crippen molar-refractivity contribution in [3.8, 4) is 5.75 Å². The second kappa shape index (κ2) is 7.41. The zero-order valence-corrected chi connectivity index (χ0v) is 13.1. The summed E-state index contributed by atoms with van der Waals surface area (Å²) >= 11 is 5.46. The minimum atomic E-state index is 0.445. The van der Waals surface area contributed by atoms with Crippen molar-refractivity contribution in [3.05, 3.63) is 28.2 Å². The second-order valence-electron chi connectivity index (χ2n) is 4.53. The van der Waals surface area contributed by atoms with Crippen LogP contribution in [0, 0.1) is 0 Å². The van der Waals surface area contributed by atoms with Crippen LogP contribution in [-0.4, -0.2) is 25.2 Å². The number of rotatable bonds is 6. The van der Waals surface area contributed by atoms with Crippen LogP contribution < -0.4 is 10.1 Å². The van der Waals surface area contributed by atoms with Crippen molar-refractivity contribution in [3.63, 3.8) is 0 Å². The number of thioether (sulfide) groups is 1. The minimum Gasteiger partial charge on any atom is -0.493 e. The van der Waals surface area contributed by atoms with Crippen molar-refractivity contribution in [2.45, 2.75) is 25.3 Å². The number of benzene rings is 1. The first kappa shape index (κ1) is 14.2. The predicted molar refractivity (Wildman–Crippen MR) is 82.6 cm³/mol. The van der Waals surface area contributed by atoms with Crippen LogP contribution in [0.4, 0.5) is 0 Å². The molecule has 0 aromatic heterocycles. The summed E-state index contributed by atoms with van der Waals surface area (Å²) in [5.74, 6) is 2.29. The number of nitrogens with one attached hydrogen (secondary N) is 1. The average Bonchev–Trinajstić information content (AvgIpc) is 2.39. The van der Waals surface area contributed by atoms with Gasteiger partial charge in [-0.15, -0.1) is 0 Å². The van der Waals surface area contributed by atoms with Crippen molar-refractivity contribution < 1.29 is 4.74 Å². The van der Waals surface area contributed by atoms with E-state index in [-0.39, 0.29) is 0 Å². The molecule has 4 heteroatoms. The van der Waals surface area contributed by atoms with Crippen molar-refractivity contribution in [1.82, 2.24) is 5.32 Å². The zero-order chi connectivity index (χ0) is 12.8. The van der Waals surface area contributed by atoms with Gasteiger partial charge >= 0.3 is 0 Å². The van der Waals surface area contributed by atoms with Crippen molar-refractivity contribution in [2.24, 2.45) is 0 Å². The molecule has 1 N–H and O–H groups in total. The molecule has 2 rings (SSSR count). The lowest BCUT2D eigenvalue weighted by molar-refractivity contribution is 0.252. The first-order valence-electron chi connectivity index (χ1n) is 6.46. The molecule has 0 bridgehead atoms. The van der Waals surface area contributed by atoms with E-state index >= 15 is 0 Å². The van der Waals surface area contributed by atoms with Crippen LogP contribution in [0.25, 0.3) is 0 Å². The minimum absolute atomic E-state index is 0.445. The highest BCUT2D eigenvalue weighted by atomic mass is 79.9. The zero-order valence-electron chi connectivity index (χ0n) is 10.7. The van der Waals surface area contributed by atoms with Crippen LogP contribution in [0.2, 0.25) is 0 Å². The van der Waals surface area contributed by atoms with E-state index in [4.69, 9.17) is 4.74 Å². The van der Waals surface area contributed by atoms with Crippen LogP contribution >= 0.6 is 27.7 Å². The van der Waals surface area contributed by atoms with Gasteiger partial charge < -0.3 is 10.1 Å². The molecule has 100 valence electrons. The molecule has 0 amide bonds. The Morgan fingerprint density at radius 2 is 2.33 bits per heavy atom. The van der Waals surface area contributed by atoms with Crippen LogP contribution in [0.5, 0.6) is 5.75 Å². The summed E-state index contributed by atoms with van der Waals surface area (Å²) in [5, 5.41) is 3.65. The maximum Gasteiger partial charge on any atom is 0.124 e. The lowest BCUT2D eigenvalue weighted by atomic mass is 10.0. The van der Waals surface area contributed by atoms with Crippen molar-refractivity contribution >= 4 is 27.7 Å². The van der Waals surface area contributed by atoms with Crippen LogP contribution in [0.3, 0.4) is 0 Å². The molecule has 1 aliphatic heterocycles. The molecule has 0 fully saturated rings. The fourth-order valence-electron chi connectivity index (χ4n) is 2.23. The predicted octanol–water partition coefficient (Wildman–Crippen LogP) is 4.01. The Bertz CT molecular complexity index is 386. The van der Waals surface area contributed by atoms with E-state index < -0.39 is 0 Å². The van der Waals surface area contributed by atoms with Gasteiger partial charge in [-0.25, -0.2) is 0 Å². The number of fused-ring (bicyclic) bond motifs is 1. The molecule has 1 heterocycles. The van der Waals surface area contributed by atoms with E-state index in [1.165, 1.54) is 24.2 Å². The molecule has 1 atom stereocenters. The summed E-state index contributed by atoms with van der Waals surface area (Å²) < 4.78 is 6.82. The molecule has 0 spiro atoms. The largest absolute Gasteiger partial charge is 0.493 e. The van der Waals surface area contributed by atoms with E-state index in [0.29, 0.717) is 6.04 Å². The van der Waals surface area contributed by atoms with E-state index in [1.54, 1.807) is 0 Å². The van der Waals surface area contributed by atoms with Gasteiger partial charge in [0.1, 0.15) is 5.75 Å². The Hall–Kier alpha value is -0.190. The summed E-state index contributed by atoms with van der Waals surface area (Å²) in [5.41, 5.74) is 1.29. The summed E-state index contributed by atoms with van der Waals surface area (Å²) in [6.07, 6.45) is 5.77. The molecule has 1 aromatic rings. The quantitative estimate of drug-likeness (QED) is 0.797. The van der Waals surface area contributed by atoms with E-state index in [2.05, 4.69) is 39.6 Å². The fraction of sp³-hybridized carbons (Fsp3) is 0.571. The van der Waals surface area contributed by atoms with Crippen LogP contribution in [0.1, 0.15) is 30.9 Å². The molecule has 0 aliphatic carbocycles. The first-order valence-corrected chi connectivity index (χ1v) is 8.64. The highest BCUT2D eigenvalue weighted by Gasteiger charge is 2.20. The summed E-state index contributed by atoms with van der Waals surface area (Å²) in [4.78, 5) is 0. The van der Waals surface area contributed by atoms with E-state index in [1.807, 2.05) is 17.8 Å². The van der Waals surface area contributed by atoms with Crippen LogP contribution in [0.15, 0.2) is 22.7 Å². The normalized spacial score (nSPS) is 18.2. The van der Waals surface area contributed by atoms with Gasteiger partial charge in [0.05, 0.1) is 6.61 Å². The highest BCUT2D eigenvalue weighted by Crippen LogP contribution is 2.33. The maximum absolute atomic E-state index is 5.69. The first-order chi connectivity index (χ1) is 8.81. The SMILES string of the molecule is CSCCCCNC1CCOc2ccc(Br)cc21. The Morgan fingerprint density at radius 1 is 1.44 bits per heavy atom. The number of hydrogen-bond acceptors (Lipinski definition) is 3. The summed E-state index contributed by atoms with van der Waals surface area (Å²) in [7, 11) is 0. The van der Waals surface area contributed by atoms with Crippen molar-refractivity contribution in [2.75, 3.05) is 25.2 Å². The third-order valence-corrected chi connectivity index (χ3v) is 4.37. The van der Waals surface area contributed by atoms with Crippen molar-refractivity contribution in [1.29, 1.82) is 0 Å². The fourth-order valence-corrected chi connectivity index (χ4v) is 3.10. The Labute approximate surface area is 122 Å². The molecule has 1 aromatic carbocycles. The summed E-state index contributed by atoms with van der Waals surface area (Å²) in [6.45, 7) is 1.91. The smallest absolute Gasteiger partial charge is 0.124 e. The number of hydrogen-bond donors (Lipinski definition) is 1. The maximum atomic E-state index is 5.69. The Morgan fingerprint density at radius 3 is 3.17 bits per heavy atom.